The number of nitrogens with one attached hydrogen (secondary N) is 3. The zero-order chi connectivity index (χ0) is 17.4. The predicted molar refractivity (Wildman–Crippen MR) is 92.5 cm³/mol. The summed E-state index contributed by atoms with van der Waals surface area (Å²) in [5.74, 6) is -0.213. The molecule has 0 spiro atoms. The molecule has 1 aromatic carbocycles. The number of hydrazine groups is 1. The topological polar surface area (TPSA) is 92.4 Å². The number of thiocarbonyl (C=S) groups is 1. The smallest absolute Gasteiger partial charge is 0.269 e. The van der Waals surface area contributed by atoms with Crippen molar-refractivity contribution in [1.82, 2.24) is 21.2 Å². The third kappa shape index (κ3) is 5.03. The van der Waals surface area contributed by atoms with Gasteiger partial charge in [0, 0.05) is 23.5 Å². The van der Waals surface area contributed by atoms with Gasteiger partial charge in [0.2, 0.25) is 0 Å². The summed E-state index contributed by atoms with van der Waals surface area (Å²) in [5.41, 5.74) is 5.67. The van der Waals surface area contributed by atoms with E-state index in [9.17, 15) is 9.59 Å². The van der Waals surface area contributed by atoms with Crippen LogP contribution in [0.2, 0.25) is 0 Å². The van der Waals surface area contributed by atoms with Gasteiger partial charge < -0.3 is 4.74 Å². The summed E-state index contributed by atoms with van der Waals surface area (Å²) in [4.78, 5) is 27.8. The molecular formula is C16H16N4O3S. The van der Waals surface area contributed by atoms with Crippen LogP contribution in [-0.4, -0.2) is 28.5 Å². The molecule has 0 aliphatic rings. The maximum atomic E-state index is 12.1. The van der Waals surface area contributed by atoms with Gasteiger partial charge in [0.05, 0.1) is 6.61 Å². The molecular weight excluding hydrogens is 328 g/mol. The molecule has 124 valence electrons. The summed E-state index contributed by atoms with van der Waals surface area (Å²) in [5, 5.41) is 2.45. The van der Waals surface area contributed by atoms with Gasteiger partial charge in [0.15, 0.2) is 5.11 Å². The number of amides is 2. The van der Waals surface area contributed by atoms with E-state index in [1.165, 1.54) is 12.4 Å². The van der Waals surface area contributed by atoms with Crippen LogP contribution in [0.4, 0.5) is 0 Å². The molecule has 2 aromatic rings. The first-order valence-electron chi connectivity index (χ1n) is 7.14. The molecule has 24 heavy (non-hydrogen) atoms. The minimum Gasteiger partial charge on any atom is -0.494 e. The number of pyridine rings is 1. The summed E-state index contributed by atoms with van der Waals surface area (Å²) >= 11 is 4.98. The molecule has 7 nitrogen and oxygen atoms in total. The van der Waals surface area contributed by atoms with Crippen molar-refractivity contribution in [3.05, 3.63) is 59.9 Å². The third-order valence-corrected chi connectivity index (χ3v) is 3.07. The first-order chi connectivity index (χ1) is 11.6. The highest BCUT2D eigenvalue weighted by Gasteiger charge is 2.10. The van der Waals surface area contributed by atoms with Crippen LogP contribution in [0.1, 0.15) is 27.6 Å². The van der Waals surface area contributed by atoms with Crippen molar-refractivity contribution in [3.63, 3.8) is 0 Å². The van der Waals surface area contributed by atoms with Crippen molar-refractivity contribution in [2.45, 2.75) is 6.92 Å². The maximum Gasteiger partial charge on any atom is 0.269 e. The van der Waals surface area contributed by atoms with Crippen LogP contribution in [0.5, 0.6) is 5.75 Å². The van der Waals surface area contributed by atoms with Gasteiger partial charge in [0.25, 0.3) is 11.8 Å². The molecule has 0 unspecified atom stereocenters. The van der Waals surface area contributed by atoms with E-state index in [1.807, 2.05) is 6.92 Å². The molecule has 8 heteroatoms. The lowest BCUT2D eigenvalue weighted by atomic mass is 10.2. The Hall–Kier alpha value is -3.00. The number of nitrogens with zero attached hydrogens (tertiary/aromatic N) is 1. The predicted octanol–water partition coefficient (Wildman–Crippen LogP) is 1.43. The number of carbonyl (C=O) groups is 2. The van der Waals surface area contributed by atoms with Crippen molar-refractivity contribution in [2.24, 2.45) is 0 Å². The van der Waals surface area contributed by atoms with E-state index >= 15 is 0 Å². The second kappa shape index (κ2) is 8.59. The van der Waals surface area contributed by atoms with Gasteiger partial charge in [0.1, 0.15) is 5.75 Å². The Morgan fingerprint density at radius 2 is 1.83 bits per heavy atom. The van der Waals surface area contributed by atoms with Crippen LogP contribution >= 0.6 is 12.2 Å². The van der Waals surface area contributed by atoms with E-state index in [0.717, 1.165) is 0 Å². The monoisotopic (exact) mass is 344 g/mol. The molecule has 2 amide bonds. The number of ether oxygens (including phenoxy) is 1. The summed E-state index contributed by atoms with van der Waals surface area (Å²) < 4.78 is 5.34. The molecule has 0 aliphatic carbocycles. The number of aromatic nitrogens is 1. The average Bonchev–Trinajstić information content (AvgIpc) is 2.61. The van der Waals surface area contributed by atoms with E-state index in [2.05, 4.69) is 21.2 Å². The second-order valence-corrected chi connectivity index (χ2v) is 4.97. The average molecular weight is 344 g/mol. The number of carbonyl (C=O) groups excluding carboxylic acids is 2. The highest BCUT2D eigenvalue weighted by Crippen LogP contribution is 2.13. The van der Waals surface area contributed by atoms with Crippen LogP contribution in [0.25, 0.3) is 0 Å². The number of benzene rings is 1. The lowest BCUT2D eigenvalue weighted by Crippen LogP contribution is -2.48. The quantitative estimate of drug-likeness (QED) is 0.574. The van der Waals surface area contributed by atoms with Crippen molar-refractivity contribution in [2.75, 3.05) is 6.61 Å². The number of hydrogen-bond donors (Lipinski definition) is 3. The maximum absolute atomic E-state index is 12.1. The minimum absolute atomic E-state index is 0.0239. The largest absolute Gasteiger partial charge is 0.494 e. The summed E-state index contributed by atoms with van der Waals surface area (Å²) in [7, 11) is 0. The molecule has 3 N–H and O–H groups in total. The molecule has 2 rings (SSSR count). The molecule has 0 saturated heterocycles. The SMILES string of the molecule is CCOc1cccc(C(=O)NC(=S)NNC(=O)c2ccncc2)c1. The number of rotatable bonds is 4. The van der Waals surface area contributed by atoms with E-state index in [-0.39, 0.29) is 5.11 Å². The molecule has 0 saturated carbocycles. The first-order valence-corrected chi connectivity index (χ1v) is 7.55. The zero-order valence-electron chi connectivity index (χ0n) is 12.9. The summed E-state index contributed by atoms with van der Waals surface area (Å²) in [6, 6.07) is 9.82. The zero-order valence-corrected chi connectivity index (χ0v) is 13.7. The Bertz CT molecular complexity index is 737. The molecule has 0 aliphatic heterocycles. The van der Waals surface area contributed by atoms with Gasteiger partial charge in [-0.05, 0) is 49.5 Å². The Kier molecular flexibility index (Phi) is 6.21. The summed E-state index contributed by atoms with van der Waals surface area (Å²) in [6.45, 7) is 2.36. The van der Waals surface area contributed by atoms with Crippen molar-refractivity contribution < 1.29 is 14.3 Å². The fourth-order valence-electron chi connectivity index (χ4n) is 1.79. The minimum atomic E-state index is -0.410. The molecule has 0 radical (unpaired) electrons. The Morgan fingerprint density at radius 3 is 2.54 bits per heavy atom. The van der Waals surface area contributed by atoms with Gasteiger partial charge in [-0.25, -0.2) is 0 Å². The van der Waals surface area contributed by atoms with Gasteiger partial charge in [-0.3, -0.25) is 30.7 Å². The van der Waals surface area contributed by atoms with E-state index < -0.39 is 11.8 Å². The molecule has 0 bridgehead atoms. The lowest BCUT2D eigenvalue weighted by molar-refractivity contribution is 0.0934. The number of hydrogen-bond acceptors (Lipinski definition) is 5. The van der Waals surface area contributed by atoms with Crippen molar-refractivity contribution >= 4 is 29.1 Å². The third-order valence-electron chi connectivity index (χ3n) is 2.87. The molecule has 1 heterocycles. The van der Waals surface area contributed by atoms with E-state index in [4.69, 9.17) is 17.0 Å². The Morgan fingerprint density at radius 1 is 1.08 bits per heavy atom. The normalized spacial score (nSPS) is 9.71. The van der Waals surface area contributed by atoms with Crippen LogP contribution in [0.15, 0.2) is 48.8 Å². The fourth-order valence-corrected chi connectivity index (χ4v) is 1.93. The Balaban J connectivity index is 1.87. The second-order valence-electron chi connectivity index (χ2n) is 4.56. The van der Waals surface area contributed by atoms with E-state index in [0.29, 0.717) is 23.5 Å². The highest BCUT2D eigenvalue weighted by atomic mass is 32.1. The highest BCUT2D eigenvalue weighted by molar-refractivity contribution is 7.80. The Labute approximate surface area is 144 Å². The fraction of sp³-hybridized carbons (Fsp3) is 0.125. The molecule has 1 aromatic heterocycles. The van der Waals surface area contributed by atoms with Crippen molar-refractivity contribution in [1.29, 1.82) is 0 Å². The van der Waals surface area contributed by atoms with E-state index in [1.54, 1.807) is 36.4 Å². The lowest BCUT2D eigenvalue weighted by Gasteiger charge is -2.11. The summed E-state index contributed by atoms with van der Waals surface area (Å²) in [6.07, 6.45) is 3.00. The van der Waals surface area contributed by atoms with Crippen LogP contribution < -0.4 is 20.9 Å². The van der Waals surface area contributed by atoms with Crippen LogP contribution in [0, 0.1) is 0 Å². The standard InChI is InChI=1S/C16H16N4O3S/c1-2-23-13-5-3-4-12(10-13)14(21)18-16(24)20-19-15(22)11-6-8-17-9-7-11/h3-10H,2H2,1H3,(H,19,22)(H2,18,20,21,24). The van der Waals surface area contributed by atoms with Gasteiger partial charge in [-0.15, -0.1) is 0 Å². The van der Waals surface area contributed by atoms with Crippen LogP contribution in [-0.2, 0) is 0 Å². The van der Waals surface area contributed by atoms with Crippen LogP contribution in [0.3, 0.4) is 0 Å². The van der Waals surface area contributed by atoms with Gasteiger partial charge in [-0.2, -0.15) is 0 Å². The first kappa shape index (κ1) is 17.4. The van der Waals surface area contributed by atoms with Gasteiger partial charge >= 0.3 is 0 Å². The van der Waals surface area contributed by atoms with Gasteiger partial charge in [-0.1, -0.05) is 6.07 Å². The van der Waals surface area contributed by atoms with Crippen molar-refractivity contribution in [3.8, 4) is 5.75 Å². The molecule has 0 atom stereocenters. The molecule has 0 fully saturated rings.